The van der Waals surface area contributed by atoms with E-state index in [2.05, 4.69) is 15.3 Å². The molecule has 0 atom stereocenters. The van der Waals surface area contributed by atoms with Gasteiger partial charge in [0.1, 0.15) is 0 Å². The third-order valence-corrected chi connectivity index (χ3v) is 2.75. The van der Waals surface area contributed by atoms with Crippen molar-refractivity contribution in [3.05, 3.63) is 51.9 Å². The van der Waals surface area contributed by atoms with Gasteiger partial charge in [-0.2, -0.15) is 14.7 Å². The van der Waals surface area contributed by atoms with E-state index >= 15 is 0 Å². The van der Waals surface area contributed by atoms with Gasteiger partial charge in [0.25, 0.3) is 0 Å². The lowest BCUT2D eigenvalue weighted by atomic mass is 10.1. The fourth-order valence-electron chi connectivity index (χ4n) is 1.62. The average Bonchev–Trinajstić information content (AvgIpc) is 2.71. The van der Waals surface area contributed by atoms with E-state index in [0.29, 0.717) is 16.4 Å². The maximum absolute atomic E-state index is 11.4. The summed E-state index contributed by atoms with van der Waals surface area (Å²) >= 11 is 6.07. The summed E-state index contributed by atoms with van der Waals surface area (Å²) in [6.45, 7) is 0. The number of nitrogens with zero attached hydrogens (tertiary/aromatic N) is 3. The maximum Gasteiger partial charge on any atom is 0.364 e. The largest absolute Gasteiger partial charge is 0.364 e. The van der Waals surface area contributed by atoms with E-state index in [1.165, 1.54) is 4.52 Å². The van der Waals surface area contributed by atoms with Crippen LogP contribution < -0.4 is 5.69 Å². The molecular weight excluding hydrogens is 240 g/mol. The normalized spacial score (nSPS) is 10.9. The van der Waals surface area contributed by atoms with Crippen molar-refractivity contribution in [2.24, 2.45) is 0 Å². The molecule has 0 unspecified atom stereocenters. The summed E-state index contributed by atoms with van der Waals surface area (Å²) in [5.41, 5.74) is 1.52. The van der Waals surface area contributed by atoms with E-state index in [1.807, 2.05) is 18.2 Å². The summed E-state index contributed by atoms with van der Waals surface area (Å²) < 4.78 is 1.21. The third-order valence-electron chi connectivity index (χ3n) is 2.42. The Kier molecular flexibility index (Phi) is 2.19. The van der Waals surface area contributed by atoms with Crippen molar-refractivity contribution in [2.45, 2.75) is 0 Å². The second-order valence-corrected chi connectivity index (χ2v) is 3.90. The number of halogens is 1. The standard InChI is InChI=1S/C11H7ClN4O/c12-8-4-2-1-3-7(8)9-5-6-10-13-14-11(17)16(10)15-9/h1-6H,(H,14,17). The predicted octanol–water partition coefficient (Wildman–Crippen LogP) is 1.74. The van der Waals surface area contributed by atoms with Gasteiger partial charge in [0, 0.05) is 5.56 Å². The minimum Gasteiger partial charge on any atom is -0.244 e. The first-order valence-corrected chi connectivity index (χ1v) is 5.33. The molecule has 0 aliphatic heterocycles. The Morgan fingerprint density at radius 1 is 1.18 bits per heavy atom. The lowest BCUT2D eigenvalue weighted by molar-refractivity contribution is 0.885. The van der Waals surface area contributed by atoms with Crippen LogP contribution in [0.4, 0.5) is 0 Å². The van der Waals surface area contributed by atoms with Crippen molar-refractivity contribution >= 4 is 17.2 Å². The van der Waals surface area contributed by atoms with Gasteiger partial charge in [-0.1, -0.05) is 29.8 Å². The molecule has 0 bridgehead atoms. The number of aromatic nitrogens is 4. The van der Waals surface area contributed by atoms with Crippen molar-refractivity contribution in [1.82, 2.24) is 19.8 Å². The van der Waals surface area contributed by atoms with Crippen molar-refractivity contribution in [3.8, 4) is 11.3 Å². The quantitative estimate of drug-likeness (QED) is 0.711. The second-order valence-electron chi connectivity index (χ2n) is 3.50. The van der Waals surface area contributed by atoms with Crippen LogP contribution in [-0.2, 0) is 0 Å². The fourth-order valence-corrected chi connectivity index (χ4v) is 1.85. The van der Waals surface area contributed by atoms with Gasteiger partial charge in [0.2, 0.25) is 0 Å². The molecule has 0 saturated carbocycles. The Balaban J connectivity index is 2.28. The maximum atomic E-state index is 11.4. The molecule has 3 aromatic rings. The van der Waals surface area contributed by atoms with Crippen LogP contribution in [0.15, 0.2) is 41.2 Å². The first-order valence-electron chi connectivity index (χ1n) is 4.95. The molecule has 0 fully saturated rings. The second kappa shape index (κ2) is 3.71. The molecule has 0 spiro atoms. The Morgan fingerprint density at radius 2 is 2.00 bits per heavy atom. The number of hydrogen-bond donors (Lipinski definition) is 1. The summed E-state index contributed by atoms with van der Waals surface area (Å²) in [6.07, 6.45) is 0. The minimum absolute atomic E-state index is 0.367. The number of nitrogens with one attached hydrogen (secondary N) is 1. The highest BCUT2D eigenvalue weighted by Gasteiger charge is 2.07. The van der Waals surface area contributed by atoms with Gasteiger partial charge in [-0.25, -0.2) is 9.89 Å². The van der Waals surface area contributed by atoms with Crippen LogP contribution in [0, 0.1) is 0 Å². The molecule has 6 heteroatoms. The molecule has 0 radical (unpaired) electrons. The zero-order valence-corrected chi connectivity index (χ0v) is 9.35. The summed E-state index contributed by atoms with van der Waals surface area (Å²) in [4.78, 5) is 11.4. The van der Waals surface area contributed by atoms with Crippen molar-refractivity contribution in [1.29, 1.82) is 0 Å². The molecule has 84 valence electrons. The van der Waals surface area contributed by atoms with Crippen molar-refractivity contribution in [2.75, 3.05) is 0 Å². The van der Waals surface area contributed by atoms with E-state index in [4.69, 9.17) is 11.6 Å². The van der Waals surface area contributed by atoms with Gasteiger partial charge in [-0.15, -0.1) is 0 Å². The highest BCUT2D eigenvalue weighted by atomic mass is 35.5. The first kappa shape index (κ1) is 10.0. The molecule has 0 aliphatic carbocycles. The summed E-state index contributed by atoms with van der Waals surface area (Å²) in [6, 6.07) is 10.8. The van der Waals surface area contributed by atoms with Crippen LogP contribution in [0.3, 0.4) is 0 Å². The molecule has 2 heterocycles. The van der Waals surface area contributed by atoms with Gasteiger partial charge in [-0.05, 0) is 18.2 Å². The lowest BCUT2D eigenvalue weighted by Gasteiger charge is -2.02. The van der Waals surface area contributed by atoms with Gasteiger partial charge in [0.15, 0.2) is 5.65 Å². The number of H-pyrrole nitrogens is 1. The molecule has 1 aromatic carbocycles. The molecule has 2 aromatic heterocycles. The van der Waals surface area contributed by atoms with Crippen LogP contribution in [0.1, 0.15) is 0 Å². The van der Waals surface area contributed by atoms with Gasteiger partial charge in [-0.3, -0.25) is 0 Å². The first-order chi connectivity index (χ1) is 8.25. The number of hydrogen-bond acceptors (Lipinski definition) is 3. The molecule has 1 N–H and O–H groups in total. The van der Waals surface area contributed by atoms with Crippen LogP contribution >= 0.6 is 11.6 Å². The monoisotopic (exact) mass is 246 g/mol. The Morgan fingerprint density at radius 3 is 2.82 bits per heavy atom. The molecular formula is C11H7ClN4O. The van der Waals surface area contributed by atoms with E-state index in [0.717, 1.165) is 5.56 Å². The van der Waals surface area contributed by atoms with Crippen LogP contribution in [0.5, 0.6) is 0 Å². The molecule has 17 heavy (non-hydrogen) atoms. The average molecular weight is 247 g/mol. The van der Waals surface area contributed by atoms with Crippen molar-refractivity contribution < 1.29 is 0 Å². The summed E-state index contributed by atoms with van der Waals surface area (Å²) in [5, 5.41) is 10.9. The zero-order valence-electron chi connectivity index (χ0n) is 8.59. The minimum atomic E-state index is -0.367. The summed E-state index contributed by atoms with van der Waals surface area (Å²) in [7, 11) is 0. The van der Waals surface area contributed by atoms with Gasteiger partial charge in [0.05, 0.1) is 10.7 Å². The number of aromatic amines is 1. The van der Waals surface area contributed by atoms with E-state index in [1.54, 1.807) is 18.2 Å². The highest BCUT2D eigenvalue weighted by Crippen LogP contribution is 2.25. The van der Waals surface area contributed by atoms with Crippen LogP contribution in [0.2, 0.25) is 5.02 Å². The number of fused-ring (bicyclic) bond motifs is 1. The topological polar surface area (TPSA) is 63.0 Å². The van der Waals surface area contributed by atoms with E-state index in [-0.39, 0.29) is 5.69 Å². The van der Waals surface area contributed by atoms with Crippen LogP contribution in [-0.4, -0.2) is 19.8 Å². The van der Waals surface area contributed by atoms with Gasteiger partial charge < -0.3 is 0 Å². The van der Waals surface area contributed by atoms with E-state index in [9.17, 15) is 4.79 Å². The Bertz CT molecular complexity index is 746. The molecule has 5 nitrogen and oxygen atoms in total. The SMILES string of the molecule is O=c1[nH]nc2ccc(-c3ccccc3Cl)nn12. The Labute approximate surface area is 101 Å². The zero-order chi connectivity index (χ0) is 11.8. The molecule has 0 aliphatic rings. The number of benzene rings is 1. The highest BCUT2D eigenvalue weighted by molar-refractivity contribution is 6.33. The number of rotatable bonds is 1. The Hall–Kier alpha value is -2.14. The third kappa shape index (κ3) is 1.60. The fraction of sp³-hybridized carbons (Fsp3) is 0. The van der Waals surface area contributed by atoms with E-state index < -0.39 is 0 Å². The molecule has 0 amide bonds. The molecule has 3 rings (SSSR count). The smallest absolute Gasteiger partial charge is 0.244 e. The lowest BCUT2D eigenvalue weighted by Crippen LogP contribution is -2.12. The predicted molar refractivity (Wildman–Crippen MR) is 64.1 cm³/mol. The summed E-state index contributed by atoms with van der Waals surface area (Å²) in [5.74, 6) is 0. The van der Waals surface area contributed by atoms with Crippen LogP contribution in [0.25, 0.3) is 16.9 Å². The van der Waals surface area contributed by atoms with Gasteiger partial charge >= 0.3 is 5.69 Å². The molecule has 0 saturated heterocycles. The van der Waals surface area contributed by atoms with Crippen molar-refractivity contribution in [3.63, 3.8) is 0 Å².